The molecule has 2 aromatic rings. The Morgan fingerprint density at radius 2 is 1.96 bits per heavy atom. The molecule has 25 heavy (non-hydrogen) atoms. The zero-order valence-electron chi connectivity index (χ0n) is 13.8. The van der Waals surface area contributed by atoms with Crippen molar-refractivity contribution in [1.29, 1.82) is 0 Å². The van der Waals surface area contributed by atoms with Gasteiger partial charge in [0.1, 0.15) is 5.82 Å². The Hall–Kier alpha value is -2.21. The van der Waals surface area contributed by atoms with Gasteiger partial charge in [-0.3, -0.25) is 4.79 Å². The van der Waals surface area contributed by atoms with Gasteiger partial charge in [-0.25, -0.2) is 4.39 Å². The van der Waals surface area contributed by atoms with Crippen molar-refractivity contribution >= 4 is 17.3 Å². The maximum Gasteiger partial charge on any atom is 0.250 e. The van der Waals surface area contributed by atoms with Crippen molar-refractivity contribution in [1.82, 2.24) is 14.8 Å². The van der Waals surface area contributed by atoms with Gasteiger partial charge in [0, 0.05) is 43.9 Å². The minimum Gasteiger partial charge on any atom is -0.358 e. The maximum absolute atomic E-state index is 13.0. The number of fused-ring (bicyclic) bond motifs is 4. The molecule has 2 atom stereocenters. The van der Waals surface area contributed by atoms with Crippen molar-refractivity contribution in [2.45, 2.75) is 25.4 Å². The highest BCUT2D eigenvalue weighted by molar-refractivity contribution is 7.80. The second kappa shape index (κ2) is 6.59. The van der Waals surface area contributed by atoms with Crippen LogP contribution >= 0.6 is 12.2 Å². The van der Waals surface area contributed by atoms with Crippen LogP contribution in [0.4, 0.5) is 4.39 Å². The van der Waals surface area contributed by atoms with E-state index < -0.39 is 0 Å². The Balaban J connectivity index is 1.44. The molecule has 1 N–H and O–H groups in total. The first-order valence-electron chi connectivity index (χ1n) is 8.57. The van der Waals surface area contributed by atoms with Gasteiger partial charge in [-0.15, -0.1) is 0 Å². The molecule has 0 spiro atoms. The topological polar surface area (TPSA) is 37.3 Å². The molecule has 1 fully saturated rings. The Morgan fingerprint density at radius 1 is 1.16 bits per heavy atom. The summed E-state index contributed by atoms with van der Waals surface area (Å²) < 4.78 is 14.9. The molecule has 0 radical (unpaired) electrons. The van der Waals surface area contributed by atoms with E-state index in [1.807, 2.05) is 10.6 Å². The fourth-order valence-corrected chi connectivity index (χ4v) is 4.18. The van der Waals surface area contributed by atoms with Gasteiger partial charge in [-0.1, -0.05) is 18.2 Å². The van der Waals surface area contributed by atoms with E-state index in [1.165, 1.54) is 12.1 Å². The first-order chi connectivity index (χ1) is 12.1. The molecule has 1 aromatic carbocycles. The second-order valence-electron chi connectivity index (χ2n) is 6.89. The second-order valence-corrected chi connectivity index (χ2v) is 7.27. The van der Waals surface area contributed by atoms with Gasteiger partial charge in [-0.05, 0) is 48.3 Å². The molecule has 130 valence electrons. The van der Waals surface area contributed by atoms with E-state index in [4.69, 9.17) is 12.2 Å². The zero-order chi connectivity index (χ0) is 17.4. The summed E-state index contributed by atoms with van der Waals surface area (Å²) in [6, 6.07) is 12.0. The van der Waals surface area contributed by atoms with E-state index in [0.29, 0.717) is 18.4 Å². The van der Waals surface area contributed by atoms with Gasteiger partial charge in [0.05, 0.1) is 0 Å². The molecule has 3 heterocycles. The SMILES string of the molecule is O=c1cccc2n1CC1CC2CN(C(=S)NCc2ccc(F)cc2)C1. The summed E-state index contributed by atoms with van der Waals surface area (Å²) in [5.41, 5.74) is 2.21. The summed E-state index contributed by atoms with van der Waals surface area (Å²) in [6.45, 7) is 3.05. The van der Waals surface area contributed by atoms with Crippen LogP contribution in [0.5, 0.6) is 0 Å². The molecule has 0 aliphatic carbocycles. The third-order valence-electron chi connectivity index (χ3n) is 5.12. The average molecular weight is 357 g/mol. The lowest BCUT2D eigenvalue weighted by molar-refractivity contribution is 0.177. The largest absolute Gasteiger partial charge is 0.358 e. The van der Waals surface area contributed by atoms with Crippen LogP contribution in [-0.2, 0) is 13.1 Å². The summed E-state index contributed by atoms with van der Waals surface area (Å²) in [4.78, 5) is 14.3. The highest BCUT2D eigenvalue weighted by Gasteiger charge is 2.35. The van der Waals surface area contributed by atoms with E-state index in [-0.39, 0.29) is 11.4 Å². The molecule has 0 amide bonds. The standard InChI is InChI=1S/C19H20FN3OS/c20-16-6-4-13(5-7-16)9-21-19(25)22-10-14-8-15(12-22)17-2-1-3-18(24)23(17)11-14/h1-7,14-15H,8-12H2,(H,21,25). The van der Waals surface area contributed by atoms with Crippen molar-refractivity contribution in [2.24, 2.45) is 5.92 Å². The predicted molar refractivity (Wildman–Crippen MR) is 99.0 cm³/mol. The fraction of sp³-hybridized carbons (Fsp3) is 0.368. The van der Waals surface area contributed by atoms with Crippen LogP contribution in [0.15, 0.2) is 47.3 Å². The lowest BCUT2D eigenvalue weighted by atomic mass is 9.83. The minimum absolute atomic E-state index is 0.0951. The number of nitrogens with zero attached hydrogens (tertiary/aromatic N) is 2. The summed E-state index contributed by atoms with van der Waals surface area (Å²) in [5.74, 6) is 0.549. The van der Waals surface area contributed by atoms with E-state index >= 15 is 0 Å². The molecule has 2 aliphatic heterocycles. The number of halogens is 1. The van der Waals surface area contributed by atoms with Gasteiger partial charge in [0.15, 0.2) is 5.11 Å². The van der Waals surface area contributed by atoms with Crippen molar-refractivity contribution < 1.29 is 4.39 Å². The molecule has 2 unspecified atom stereocenters. The van der Waals surface area contributed by atoms with Gasteiger partial charge in [0.25, 0.3) is 5.56 Å². The summed E-state index contributed by atoms with van der Waals surface area (Å²) in [6.07, 6.45) is 1.11. The first-order valence-corrected chi connectivity index (χ1v) is 8.98. The zero-order valence-corrected chi connectivity index (χ0v) is 14.6. The van der Waals surface area contributed by atoms with Crippen molar-refractivity contribution in [3.05, 3.63) is 69.9 Å². The molecule has 2 bridgehead atoms. The number of pyridine rings is 1. The van der Waals surface area contributed by atoms with Crippen molar-refractivity contribution in [3.63, 3.8) is 0 Å². The fourth-order valence-electron chi connectivity index (χ4n) is 3.95. The highest BCUT2D eigenvalue weighted by atomic mass is 32.1. The Morgan fingerprint density at radius 3 is 2.76 bits per heavy atom. The summed E-state index contributed by atoms with van der Waals surface area (Å²) in [7, 11) is 0. The molecule has 4 nitrogen and oxygen atoms in total. The van der Waals surface area contributed by atoms with E-state index in [1.54, 1.807) is 18.2 Å². The lowest BCUT2D eigenvalue weighted by Gasteiger charge is -2.43. The smallest absolute Gasteiger partial charge is 0.250 e. The third kappa shape index (κ3) is 3.31. The molecular formula is C19H20FN3OS. The molecular weight excluding hydrogens is 337 g/mol. The highest BCUT2D eigenvalue weighted by Crippen LogP contribution is 2.34. The molecule has 1 saturated heterocycles. The van der Waals surface area contributed by atoms with Crippen LogP contribution in [0.1, 0.15) is 23.6 Å². The molecule has 6 heteroatoms. The number of thiocarbonyl (C=S) groups is 1. The van der Waals surface area contributed by atoms with E-state index in [9.17, 15) is 9.18 Å². The monoisotopic (exact) mass is 357 g/mol. The van der Waals surface area contributed by atoms with Crippen molar-refractivity contribution in [2.75, 3.05) is 13.1 Å². The number of benzene rings is 1. The van der Waals surface area contributed by atoms with Crippen LogP contribution < -0.4 is 10.9 Å². The third-order valence-corrected chi connectivity index (χ3v) is 5.53. The predicted octanol–water partition coefficient (Wildman–Crippen LogP) is 2.48. The average Bonchev–Trinajstić information content (AvgIpc) is 2.62. The van der Waals surface area contributed by atoms with Crippen LogP contribution in [0, 0.1) is 11.7 Å². The number of hydrogen-bond acceptors (Lipinski definition) is 2. The van der Waals surface area contributed by atoms with Crippen molar-refractivity contribution in [3.8, 4) is 0 Å². The normalized spacial score (nSPS) is 21.6. The van der Waals surface area contributed by atoms with Gasteiger partial charge in [0.2, 0.25) is 0 Å². The molecule has 0 saturated carbocycles. The summed E-state index contributed by atoms with van der Waals surface area (Å²) in [5, 5.41) is 4.01. The Labute approximate surface area is 151 Å². The van der Waals surface area contributed by atoms with E-state index in [2.05, 4.69) is 16.3 Å². The summed E-state index contributed by atoms with van der Waals surface area (Å²) >= 11 is 5.57. The molecule has 2 aliphatic rings. The number of rotatable bonds is 2. The van der Waals surface area contributed by atoms with Crippen LogP contribution in [0.2, 0.25) is 0 Å². The maximum atomic E-state index is 13.0. The van der Waals surface area contributed by atoms with E-state index in [0.717, 1.165) is 42.4 Å². The van der Waals surface area contributed by atoms with Gasteiger partial charge in [-0.2, -0.15) is 0 Å². The van der Waals surface area contributed by atoms with Crippen LogP contribution in [-0.4, -0.2) is 27.7 Å². The minimum atomic E-state index is -0.232. The lowest BCUT2D eigenvalue weighted by Crippen LogP contribution is -2.51. The quantitative estimate of drug-likeness (QED) is 0.838. The molecule has 1 aromatic heterocycles. The van der Waals surface area contributed by atoms with Crippen LogP contribution in [0.25, 0.3) is 0 Å². The number of nitrogens with one attached hydrogen (secondary N) is 1. The number of aromatic nitrogens is 1. The first kappa shape index (κ1) is 16.3. The van der Waals surface area contributed by atoms with Crippen LogP contribution in [0.3, 0.4) is 0 Å². The number of piperidine rings is 1. The Bertz CT molecular complexity index is 848. The number of likely N-dealkylation sites (tertiary alicyclic amines) is 1. The van der Waals surface area contributed by atoms with Gasteiger partial charge >= 0.3 is 0 Å². The molecule has 4 rings (SSSR count). The number of hydrogen-bond donors (Lipinski definition) is 1. The van der Waals surface area contributed by atoms with Gasteiger partial charge < -0.3 is 14.8 Å². The Kier molecular flexibility index (Phi) is 4.29.